The Kier molecular flexibility index (Phi) is 6.53. The summed E-state index contributed by atoms with van der Waals surface area (Å²) in [5.74, 6) is 0.445. The van der Waals surface area contributed by atoms with Crippen LogP contribution in [-0.2, 0) is 21.4 Å². The SMILES string of the molecule is CNc1ccc(-c2ccc3c(c2)[C@]2(CCO3)C[C@H]2C(=O)Nc2cc(C#N)ccc2CCCC(=O)O)cn1. The number of carbonyl (C=O) groups is 2. The lowest BCUT2D eigenvalue weighted by molar-refractivity contribution is -0.137. The molecule has 37 heavy (non-hydrogen) atoms. The Morgan fingerprint density at radius 2 is 2.03 bits per heavy atom. The quantitative estimate of drug-likeness (QED) is 0.411. The summed E-state index contributed by atoms with van der Waals surface area (Å²) in [6, 6.07) is 17.3. The molecule has 2 aliphatic rings. The summed E-state index contributed by atoms with van der Waals surface area (Å²) in [5, 5.41) is 24.4. The Labute approximate surface area is 215 Å². The predicted molar refractivity (Wildman–Crippen MR) is 139 cm³/mol. The van der Waals surface area contributed by atoms with Crippen molar-refractivity contribution in [2.75, 3.05) is 24.3 Å². The molecule has 3 aromatic rings. The molecule has 1 aromatic heterocycles. The monoisotopic (exact) mass is 496 g/mol. The van der Waals surface area contributed by atoms with E-state index in [-0.39, 0.29) is 23.7 Å². The van der Waals surface area contributed by atoms with E-state index in [1.54, 1.807) is 18.2 Å². The van der Waals surface area contributed by atoms with Crippen LogP contribution in [0.1, 0.15) is 42.4 Å². The average molecular weight is 497 g/mol. The predicted octanol–water partition coefficient (Wildman–Crippen LogP) is 4.75. The van der Waals surface area contributed by atoms with Gasteiger partial charge in [-0.3, -0.25) is 9.59 Å². The third-order valence-electron chi connectivity index (χ3n) is 7.40. The zero-order valence-corrected chi connectivity index (χ0v) is 20.6. The van der Waals surface area contributed by atoms with E-state index in [1.165, 1.54) is 0 Å². The number of carbonyl (C=O) groups excluding carboxylic acids is 1. The summed E-state index contributed by atoms with van der Waals surface area (Å²) < 4.78 is 5.94. The summed E-state index contributed by atoms with van der Waals surface area (Å²) in [5.41, 5.74) is 4.62. The molecule has 0 unspecified atom stereocenters. The highest BCUT2D eigenvalue weighted by atomic mass is 16.5. The van der Waals surface area contributed by atoms with Gasteiger partial charge in [0.1, 0.15) is 11.6 Å². The van der Waals surface area contributed by atoms with Crippen molar-refractivity contribution in [3.8, 4) is 22.9 Å². The number of nitrogens with one attached hydrogen (secondary N) is 2. The summed E-state index contributed by atoms with van der Waals surface area (Å²) in [4.78, 5) is 28.8. The van der Waals surface area contributed by atoms with Gasteiger partial charge in [0.2, 0.25) is 5.91 Å². The summed E-state index contributed by atoms with van der Waals surface area (Å²) in [6.07, 6.45) is 4.31. The van der Waals surface area contributed by atoms with Crippen molar-refractivity contribution in [1.29, 1.82) is 5.26 Å². The second-order valence-electron chi connectivity index (χ2n) is 9.62. The van der Waals surface area contributed by atoms with Crippen molar-refractivity contribution >= 4 is 23.4 Å². The van der Waals surface area contributed by atoms with Gasteiger partial charge < -0.3 is 20.5 Å². The van der Waals surface area contributed by atoms with Gasteiger partial charge in [-0.15, -0.1) is 0 Å². The number of hydrogen-bond donors (Lipinski definition) is 3. The molecule has 1 amide bonds. The van der Waals surface area contributed by atoms with Crippen LogP contribution in [0.15, 0.2) is 54.7 Å². The van der Waals surface area contributed by atoms with Crippen LogP contribution >= 0.6 is 0 Å². The number of carboxylic acid groups (broad SMARTS) is 1. The fraction of sp³-hybridized carbons (Fsp3) is 0.310. The number of fused-ring (bicyclic) bond motifs is 2. The first kappa shape index (κ1) is 24.3. The second kappa shape index (κ2) is 9.94. The number of ether oxygens (including phenoxy) is 1. The van der Waals surface area contributed by atoms with Gasteiger partial charge in [0.15, 0.2) is 0 Å². The number of aliphatic carboxylic acids is 1. The van der Waals surface area contributed by atoms with Crippen LogP contribution in [0.2, 0.25) is 0 Å². The zero-order valence-electron chi connectivity index (χ0n) is 20.6. The van der Waals surface area contributed by atoms with Crippen LogP contribution in [0.3, 0.4) is 0 Å². The van der Waals surface area contributed by atoms with E-state index in [1.807, 2.05) is 37.5 Å². The third-order valence-corrected chi connectivity index (χ3v) is 7.40. The fourth-order valence-electron chi connectivity index (χ4n) is 5.27. The molecule has 5 rings (SSSR count). The highest BCUT2D eigenvalue weighted by Gasteiger charge is 2.61. The minimum atomic E-state index is -0.856. The molecule has 0 saturated heterocycles. The lowest BCUT2D eigenvalue weighted by atomic mass is 9.85. The molecule has 1 aliphatic heterocycles. The Bertz CT molecular complexity index is 1400. The van der Waals surface area contributed by atoms with E-state index < -0.39 is 5.97 Å². The Morgan fingerprint density at radius 1 is 1.19 bits per heavy atom. The van der Waals surface area contributed by atoms with Crippen LogP contribution in [0.5, 0.6) is 5.75 Å². The maximum absolute atomic E-state index is 13.5. The minimum absolute atomic E-state index is 0.0471. The summed E-state index contributed by atoms with van der Waals surface area (Å²) in [6.45, 7) is 0.554. The first-order chi connectivity index (χ1) is 17.9. The van der Waals surface area contributed by atoms with Gasteiger partial charge in [-0.2, -0.15) is 5.26 Å². The largest absolute Gasteiger partial charge is 0.493 e. The molecule has 1 aliphatic carbocycles. The molecular weight excluding hydrogens is 468 g/mol. The van der Waals surface area contributed by atoms with E-state index in [0.29, 0.717) is 30.7 Å². The van der Waals surface area contributed by atoms with E-state index >= 15 is 0 Å². The minimum Gasteiger partial charge on any atom is -0.493 e. The second-order valence-corrected chi connectivity index (χ2v) is 9.62. The standard InChI is InChI=1S/C29H28N4O4/c1-31-26-10-8-21(17-32-26)20-7-9-25-22(14-20)29(11-12-37-25)15-23(29)28(36)33-24-13-18(16-30)5-6-19(24)3-2-4-27(34)35/h5-10,13-14,17,23H,2-4,11-12,15H2,1H3,(H,31,32)(H,33,36)(H,34,35)/t23-,29-/m0/s1. The van der Waals surface area contributed by atoms with Crippen LogP contribution < -0.4 is 15.4 Å². The molecule has 188 valence electrons. The smallest absolute Gasteiger partial charge is 0.303 e. The first-order valence-corrected chi connectivity index (χ1v) is 12.4. The van der Waals surface area contributed by atoms with E-state index in [2.05, 4.69) is 27.8 Å². The van der Waals surface area contributed by atoms with E-state index in [0.717, 1.165) is 46.7 Å². The normalized spacial score (nSPS) is 19.3. The molecule has 2 aromatic carbocycles. The molecule has 8 nitrogen and oxygen atoms in total. The van der Waals surface area contributed by atoms with Gasteiger partial charge in [-0.25, -0.2) is 4.98 Å². The Balaban J connectivity index is 1.38. The van der Waals surface area contributed by atoms with Crippen molar-refractivity contribution in [3.05, 3.63) is 71.4 Å². The fourth-order valence-corrected chi connectivity index (χ4v) is 5.27. The van der Waals surface area contributed by atoms with Crippen LogP contribution in [0, 0.1) is 17.2 Å². The van der Waals surface area contributed by atoms with Gasteiger partial charge in [-0.1, -0.05) is 12.1 Å². The first-order valence-electron chi connectivity index (χ1n) is 12.4. The average Bonchev–Trinajstić information content (AvgIpc) is 3.64. The van der Waals surface area contributed by atoms with Crippen molar-refractivity contribution < 1.29 is 19.4 Å². The Hall–Kier alpha value is -4.38. The lowest BCUT2D eigenvalue weighted by Crippen LogP contribution is -2.27. The number of hydrogen-bond acceptors (Lipinski definition) is 6. The molecular formula is C29H28N4O4. The van der Waals surface area contributed by atoms with Crippen molar-refractivity contribution in [1.82, 2.24) is 4.98 Å². The van der Waals surface area contributed by atoms with Gasteiger partial charge >= 0.3 is 5.97 Å². The highest BCUT2D eigenvalue weighted by molar-refractivity contribution is 5.97. The van der Waals surface area contributed by atoms with Crippen molar-refractivity contribution in [2.24, 2.45) is 5.92 Å². The molecule has 3 N–H and O–H groups in total. The number of aryl methyl sites for hydroxylation is 1. The Morgan fingerprint density at radius 3 is 2.76 bits per heavy atom. The highest BCUT2D eigenvalue weighted by Crippen LogP contribution is 2.61. The summed E-state index contributed by atoms with van der Waals surface area (Å²) >= 11 is 0. The number of aromatic nitrogens is 1. The number of pyridine rings is 1. The zero-order chi connectivity index (χ0) is 26.0. The van der Waals surface area contributed by atoms with Gasteiger partial charge in [0, 0.05) is 47.8 Å². The van der Waals surface area contributed by atoms with Gasteiger partial charge in [-0.05, 0) is 73.2 Å². The molecule has 0 bridgehead atoms. The number of rotatable bonds is 8. The number of amides is 1. The van der Waals surface area contributed by atoms with Crippen molar-refractivity contribution in [3.63, 3.8) is 0 Å². The maximum Gasteiger partial charge on any atom is 0.303 e. The van der Waals surface area contributed by atoms with Crippen LogP contribution in [0.25, 0.3) is 11.1 Å². The molecule has 2 heterocycles. The molecule has 2 atom stereocenters. The molecule has 8 heteroatoms. The number of benzene rings is 2. The van der Waals surface area contributed by atoms with E-state index in [4.69, 9.17) is 9.84 Å². The molecule has 1 saturated carbocycles. The van der Waals surface area contributed by atoms with Gasteiger partial charge in [0.25, 0.3) is 0 Å². The third kappa shape index (κ3) is 4.85. The maximum atomic E-state index is 13.5. The van der Waals surface area contributed by atoms with Crippen molar-refractivity contribution in [2.45, 2.75) is 37.5 Å². The lowest BCUT2D eigenvalue weighted by Gasteiger charge is -2.27. The number of nitriles is 1. The van der Waals surface area contributed by atoms with E-state index in [9.17, 15) is 14.9 Å². The van der Waals surface area contributed by atoms with Crippen LogP contribution in [-0.4, -0.2) is 35.6 Å². The van der Waals surface area contributed by atoms with Gasteiger partial charge in [0.05, 0.1) is 18.2 Å². The molecule has 1 spiro atoms. The topological polar surface area (TPSA) is 124 Å². The van der Waals surface area contributed by atoms with Crippen LogP contribution in [0.4, 0.5) is 11.5 Å². The number of carboxylic acids is 1. The summed E-state index contributed by atoms with van der Waals surface area (Å²) in [7, 11) is 1.83. The molecule has 0 radical (unpaired) electrons. The number of anilines is 2. The molecule has 1 fully saturated rings. The number of nitrogens with zero attached hydrogens (tertiary/aromatic N) is 2.